The third kappa shape index (κ3) is 3.78. The Morgan fingerprint density at radius 2 is 1.90 bits per heavy atom. The second-order valence-corrected chi connectivity index (χ2v) is 7.90. The van der Waals surface area contributed by atoms with Crippen molar-refractivity contribution in [3.05, 3.63) is 93.7 Å². The monoisotopic (exact) mass is 433 g/mol. The molecule has 0 atom stereocenters. The van der Waals surface area contributed by atoms with Crippen LogP contribution in [0.5, 0.6) is 17.2 Å². The number of hydrogen-bond donors (Lipinski definition) is 0. The first-order valence-corrected chi connectivity index (χ1v) is 10.3. The van der Waals surface area contributed by atoms with Gasteiger partial charge in [0, 0.05) is 18.1 Å². The van der Waals surface area contributed by atoms with E-state index >= 15 is 0 Å². The summed E-state index contributed by atoms with van der Waals surface area (Å²) in [5.74, 6) is 2.26. The lowest BCUT2D eigenvalue weighted by molar-refractivity contribution is 0.0872. The molecule has 156 valence electrons. The topological polar surface area (TPSA) is 48.0 Å². The van der Waals surface area contributed by atoms with Gasteiger partial charge in [0.05, 0.1) is 18.2 Å². The lowest BCUT2D eigenvalue weighted by Crippen LogP contribution is -2.31. The van der Waals surface area contributed by atoms with Gasteiger partial charge in [0.15, 0.2) is 5.76 Å². The fourth-order valence-corrected chi connectivity index (χ4v) is 4.02. The first-order chi connectivity index (χ1) is 15.1. The van der Waals surface area contributed by atoms with Crippen LogP contribution < -0.4 is 14.2 Å². The molecule has 0 fully saturated rings. The Balaban J connectivity index is 1.40. The number of halogens is 1. The summed E-state index contributed by atoms with van der Waals surface area (Å²) in [4.78, 5) is 15.1. The number of rotatable bonds is 4. The van der Waals surface area contributed by atoms with Gasteiger partial charge < -0.3 is 14.2 Å². The van der Waals surface area contributed by atoms with Crippen LogP contribution in [0, 0.1) is 0 Å². The molecular formula is C25H20ClNO4. The van der Waals surface area contributed by atoms with Crippen LogP contribution in [0.3, 0.4) is 0 Å². The van der Waals surface area contributed by atoms with Crippen molar-refractivity contribution in [2.24, 2.45) is 0 Å². The quantitative estimate of drug-likeness (QED) is 0.521. The van der Waals surface area contributed by atoms with Crippen LogP contribution in [0.2, 0.25) is 5.02 Å². The molecule has 0 N–H and O–H groups in total. The van der Waals surface area contributed by atoms with Crippen molar-refractivity contribution >= 4 is 23.5 Å². The van der Waals surface area contributed by atoms with E-state index in [-0.39, 0.29) is 11.5 Å². The van der Waals surface area contributed by atoms with Gasteiger partial charge in [0.2, 0.25) is 5.78 Å². The largest absolute Gasteiger partial charge is 0.497 e. The van der Waals surface area contributed by atoms with E-state index in [1.54, 1.807) is 25.3 Å². The van der Waals surface area contributed by atoms with E-state index in [1.165, 1.54) is 0 Å². The molecule has 31 heavy (non-hydrogen) atoms. The fourth-order valence-electron chi connectivity index (χ4n) is 3.83. The number of Topliss-reactive ketones (excluding diaryl/α,β-unsaturated/α-hetero) is 1. The molecule has 0 amide bonds. The highest BCUT2D eigenvalue weighted by molar-refractivity contribution is 6.32. The zero-order chi connectivity index (χ0) is 21.4. The van der Waals surface area contributed by atoms with Gasteiger partial charge in [-0.05, 0) is 47.5 Å². The van der Waals surface area contributed by atoms with Crippen LogP contribution in [0.25, 0.3) is 6.08 Å². The maximum atomic E-state index is 12.9. The maximum Gasteiger partial charge on any atom is 0.231 e. The van der Waals surface area contributed by atoms with Crippen molar-refractivity contribution in [1.82, 2.24) is 4.90 Å². The van der Waals surface area contributed by atoms with Gasteiger partial charge >= 0.3 is 0 Å². The Hall–Kier alpha value is -3.28. The van der Waals surface area contributed by atoms with Gasteiger partial charge in [-0.2, -0.15) is 0 Å². The standard InChI is InChI=1S/C25H20ClNO4/c1-29-18-8-6-16(7-9-18)13-27-14-20-22(30-15-27)11-10-19-24(28)23(31-25(19)20)12-17-4-2-3-5-21(17)26/h2-12H,13-15H2,1H3/b23-12-. The van der Waals surface area contributed by atoms with E-state index in [1.807, 2.05) is 48.5 Å². The first kappa shape index (κ1) is 19.7. The third-order valence-electron chi connectivity index (χ3n) is 5.44. The minimum absolute atomic E-state index is 0.148. The molecule has 2 aliphatic rings. The first-order valence-electron chi connectivity index (χ1n) is 9.95. The van der Waals surface area contributed by atoms with E-state index < -0.39 is 0 Å². The lowest BCUT2D eigenvalue weighted by atomic mass is 10.0. The molecule has 0 unspecified atom stereocenters. The van der Waals surface area contributed by atoms with Gasteiger partial charge in [0.25, 0.3) is 0 Å². The van der Waals surface area contributed by atoms with E-state index in [9.17, 15) is 4.79 Å². The summed E-state index contributed by atoms with van der Waals surface area (Å²) >= 11 is 6.25. The highest BCUT2D eigenvalue weighted by Gasteiger charge is 2.33. The Kier molecular flexibility index (Phi) is 5.14. The predicted molar refractivity (Wildman–Crippen MR) is 119 cm³/mol. The van der Waals surface area contributed by atoms with Gasteiger partial charge in [-0.15, -0.1) is 0 Å². The van der Waals surface area contributed by atoms with Crippen LogP contribution in [0.15, 0.2) is 66.4 Å². The highest BCUT2D eigenvalue weighted by atomic mass is 35.5. The Labute approximate surface area is 185 Å². The van der Waals surface area contributed by atoms with Crippen molar-refractivity contribution in [2.45, 2.75) is 13.1 Å². The van der Waals surface area contributed by atoms with E-state index in [2.05, 4.69) is 4.90 Å². The summed E-state index contributed by atoms with van der Waals surface area (Å²) in [7, 11) is 1.65. The third-order valence-corrected chi connectivity index (χ3v) is 5.78. The molecular weight excluding hydrogens is 414 g/mol. The van der Waals surface area contributed by atoms with Crippen LogP contribution in [0.1, 0.15) is 27.0 Å². The summed E-state index contributed by atoms with van der Waals surface area (Å²) in [6.07, 6.45) is 1.69. The number of benzene rings is 3. The molecule has 0 aliphatic carbocycles. The molecule has 0 radical (unpaired) electrons. The van der Waals surface area contributed by atoms with E-state index in [4.69, 9.17) is 25.8 Å². The molecule has 5 rings (SSSR count). The van der Waals surface area contributed by atoms with Crippen molar-refractivity contribution in [3.63, 3.8) is 0 Å². The van der Waals surface area contributed by atoms with Crippen molar-refractivity contribution in [2.75, 3.05) is 13.8 Å². The molecule has 6 heteroatoms. The molecule has 5 nitrogen and oxygen atoms in total. The van der Waals surface area contributed by atoms with Gasteiger partial charge in [-0.3, -0.25) is 9.69 Å². The molecule has 2 heterocycles. The lowest BCUT2D eigenvalue weighted by Gasteiger charge is -2.29. The minimum atomic E-state index is -0.148. The molecule has 3 aromatic rings. The number of nitrogens with zero attached hydrogens (tertiary/aromatic N) is 1. The van der Waals surface area contributed by atoms with Gasteiger partial charge in [0.1, 0.15) is 24.0 Å². The molecule has 0 saturated carbocycles. The Morgan fingerprint density at radius 1 is 1.10 bits per heavy atom. The number of carbonyl (C=O) groups excluding carboxylic acids is 1. The molecule has 3 aromatic carbocycles. The van der Waals surface area contributed by atoms with Crippen molar-refractivity contribution < 1.29 is 19.0 Å². The normalized spacial score (nSPS) is 16.5. The number of methoxy groups -OCH3 is 1. The summed E-state index contributed by atoms with van der Waals surface area (Å²) in [5, 5.41) is 0.568. The summed E-state index contributed by atoms with van der Waals surface area (Å²) < 4.78 is 17.2. The summed E-state index contributed by atoms with van der Waals surface area (Å²) in [6.45, 7) is 1.80. The number of carbonyl (C=O) groups is 1. The average Bonchev–Trinajstić information content (AvgIpc) is 3.12. The maximum absolute atomic E-state index is 12.9. The number of fused-ring (bicyclic) bond motifs is 3. The second kappa shape index (κ2) is 8.10. The summed E-state index contributed by atoms with van der Waals surface area (Å²) in [6, 6.07) is 18.9. The molecule has 0 spiro atoms. The Bertz CT molecular complexity index is 1190. The molecule has 0 aromatic heterocycles. The van der Waals surface area contributed by atoms with Crippen LogP contribution in [-0.4, -0.2) is 24.5 Å². The number of ketones is 1. The van der Waals surface area contributed by atoms with Gasteiger partial charge in [-0.1, -0.05) is 41.9 Å². The average molecular weight is 434 g/mol. The number of hydrogen-bond acceptors (Lipinski definition) is 5. The van der Waals surface area contributed by atoms with Crippen molar-refractivity contribution in [1.29, 1.82) is 0 Å². The highest BCUT2D eigenvalue weighted by Crippen LogP contribution is 2.42. The van der Waals surface area contributed by atoms with Gasteiger partial charge in [-0.25, -0.2) is 0 Å². The van der Waals surface area contributed by atoms with Crippen LogP contribution in [-0.2, 0) is 13.1 Å². The SMILES string of the molecule is COc1ccc(CN2COc3ccc4c(c3C2)O/C(=C\c2ccccc2Cl)C4=O)cc1. The molecule has 0 bridgehead atoms. The van der Waals surface area contributed by atoms with Crippen LogP contribution in [0.4, 0.5) is 0 Å². The fraction of sp³-hybridized carbons (Fsp3) is 0.160. The summed E-state index contributed by atoms with van der Waals surface area (Å²) in [5.41, 5.74) is 3.32. The number of allylic oxidation sites excluding steroid dienone is 1. The van der Waals surface area contributed by atoms with E-state index in [0.29, 0.717) is 36.2 Å². The number of ether oxygens (including phenoxy) is 3. The smallest absolute Gasteiger partial charge is 0.231 e. The molecule has 2 aliphatic heterocycles. The zero-order valence-corrected chi connectivity index (χ0v) is 17.7. The predicted octanol–water partition coefficient (Wildman–Crippen LogP) is 5.32. The van der Waals surface area contributed by atoms with Crippen LogP contribution >= 0.6 is 11.6 Å². The Morgan fingerprint density at radius 3 is 2.68 bits per heavy atom. The van der Waals surface area contributed by atoms with E-state index in [0.717, 1.165) is 28.2 Å². The minimum Gasteiger partial charge on any atom is -0.497 e. The molecule has 0 saturated heterocycles. The second-order valence-electron chi connectivity index (χ2n) is 7.49. The van der Waals surface area contributed by atoms with Crippen molar-refractivity contribution in [3.8, 4) is 17.2 Å². The zero-order valence-electron chi connectivity index (χ0n) is 16.9.